The van der Waals surface area contributed by atoms with Crippen molar-refractivity contribution in [3.05, 3.63) is 59.0 Å². The number of hydrogen-bond donors (Lipinski definition) is 1. The van der Waals surface area contributed by atoms with Crippen molar-refractivity contribution >= 4 is 22.1 Å². The summed E-state index contributed by atoms with van der Waals surface area (Å²) in [6.45, 7) is 0.920. The lowest BCUT2D eigenvalue weighted by molar-refractivity contribution is 0.198. The van der Waals surface area contributed by atoms with Crippen LogP contribution in [0.4, 0.5) is 0 Å². The van der Waals surface area contributed by atoms with Gasteiger partial charge in [0.2, 0.25) is 0 Å². The predicted molar refractivity (Wildman–Crippen MR) is 88.0 cm³/mol. The van der Waals surface area contributed by atoms with Crippen LogP contribution in [0.5, 0.6) is 5.75 Å². The Kier molecular flexibility index (Phi) is 4.48. The van der Waals surface area contributed by atoms with Gasteiger partial charge in [-0.3, -0.25) is 4.98 Å². The van der Waals surface area contributed by atoms with Gasteiger partial charge in [0.25, 0.3) is 0 Å². The Bertz CT molecular complexity index is 692. The van der Waals surface area contributed by atoms with Crippen molar-refractivity contribution in [2.75, 3.05) is 13.6 Å². The molecule has 0 saturated carbocycles. The standard InChI is InChI=1S/C17H18N2OS/c1-18-8-6-16(14-7-10-21-12-14)20-17-4-2-3-13-5-9-19-11-15(13)17/h2-5,7,9-12,16,18H,6,8H2,1H3/t16-/m1/s1. The number of ether oxygens (including phenoxy) is 1. The molecule has 21 heavy (non-hydrogen) atoms. The maximum atomic E-state index is 6.30. The van der Waals surface area contributed by atoms with Crippen LogP contribution in [0.25, 0.3) is 10.8 Å². The molecule has 2 heterocycles. The molecule has 0 spiro atoms. The third kappa shape index (κ3) is 3.23. The highest BCUT2D eigenvalue weighted by molar-refractivity contribution is 7.07. The van der Waals surface area contributed by atoms with E-state index in [4.69, 9.17) is 4.74 Å². The number of hydrogen-bond acceptors (Lipinski definition) is 4. The Labute approximate surface area is 128 Å². The molecule has 0 fully saturated rings. The van der Waals surface area contributed by atoms with Crippen LogP contribution in [0, 0.1) is 0 Å². The van der Waals surface area contributed by atoms with E-state index in [0.717, 1.165) is 29.5 Å². The van der Waals surface area contributed by atoms with Crippen molar-refractivity contribution in [1.29, 1.82) is 0 Å². The lowest BCUT2D eigenvalue weighted by Crippen LogP contribution is -2.16. The van der Waals surface area contributed by atoms with Crippen molar-refractivity contribution in [3.63, 3.8) is 0 Å². The van der Waals surface area contributed by atoms with E-state index in [9.17, 15) is 0 Å². The zero-order chi connectivity index (χ0) is 14.5. The first-order valence-electron chi connectivity index (χ1n) is 7.04. The van der Waals surface area contributed by atoms with Crippen molar-refractivity contribution in [1.82, 2.24) is 10.3 Å². The Hall–Kier alpha value is -1.91. The highest BCUT2D eigenvalue weighted by Gasteiger charge is 2.15. The summed E-state index contributed by atoms with van der Waals surface area (Å²) in [5.74, 6) is 0.896. The van der Waals surface area contributed by atoms with Gasteiger partial charge in [0, 0.05) is 29.8 Å². The summed E-state index contributed by atoms with van der Waals surface area (Å²) in [5, 5.41) is 9.66. The normalized spacial score (nSPS) is 12.4. The molecular weight excluding hydrogens is 280 g/mol. The van der Waals surface area contributed by atoms with Crippen molar-refractivity contribution in [2.45, 2.75) is 12.5 Å². The lowest BCUT2D eigenvalue weighted by atomic mass is 10.1. The van der Waals surface area contributed by atoms with E-state index in [1.807, 2.05) is 37.6 Å². The second kappa shape index (κ2) is 6.70. The van der Waals surface area contributed by atoms with E-state index in [0.29, 0.717) is 0 Å². The molecule has 0 saturated heterocycles. The van der Waals surface area contributed by atoms with Gasteiger partial charge in [0.05, 0.1) is 0 Å². The van der Waals surface area contributed by atoms with Crippen LogP contribution in [-0.2, 0) is 0 Å². The van der Waals surface area contributed by atoms with Crippen LogP contribution in [0.3, 0.4) is 0 Å². The molecule has 3 aromatic rings. The molecule has 0 aliphatic heterocycles. The molecule has 2 aromatic heterocycles. The number of pyridine rings is 1. The maximum absolute atomic E-state index is 6.30. The topological polar surface area (TPSA) is 34.1 Å². The van der Waals surface area contributed by atoms with Crippen LogP contribution in [-0.4, -0.2) is 18.6 Å². The minimum absolute atomic E-state index is 0.0644. The minimum Gasteiger partial charge on any atom is -0.485 e. The maximum Gasteiger partial charge on any atom is 0.129 e. The smallest absolute Gasteiger partial charge is 0.129 e. The van der Waals surface area contributed by atoms with Gasteiger partial charge in [-0.25, -0.2) is 0 Å². The average Bonchev–Trinajstić information content (AvgIpc) is 3.06. The molecule has 0 bridgehead atoms. The molecular formula is C17H18N2OS. The second-order valence-electron chi connectivity index (χ2n) is 4.91. The van der Waals surface area contributed by atoms with Gasteiger partial charge in [-0.05, 0) is 47.9 Å². The largest absolute Gasteiger partial charge is 0.485 e. The predicted octanol–water partition coefficient (Wildman–Crippen LogP) is 4.03. The van der Waals surface area contributed by atoms with E-state index in [2.05, 4.69) is 33.2 Å². The van der Waals surface area contributed by atoms with E-state index in [1.165, 1.54) is 5.56 Å². The fraction of sp³-hybridized carbons (Fsp3) is 0.235. The third-order valence-electron chi connectivity index (χ3n) is 3.48. The van der Waals surface area contributed by atoms with E-state index in [1.54, 1.807) is 11.3 Å². The molecule has 0 amide bonds. The second-order valence-corrected chi connectivity index (χ2v) is 5.69. The number of nitrogens with zero attached hydrogens (tertiary/aromatic N) is 1. The molecule has 0 radical (unpaired) electrons. The van der Waals surface area contributed by atoms with Gasteiger partial charge in [-0.15, -0.1) is 0 Å². The molecule has 0 aliphatic rings. The zero-order valence-electron chi connectivity index (χ0n) is 12.0. The molecule has 3 nitrogen and oxygen atoms in total. The molecule has 0 aliphatic carbocycles. The summed E-state index contributed by atoms with van der Waals surface area (Å²) in [5.41, 5.74) is 1.23. The van der Waals surface area contributed by atoms with Gasteiger partial charge in [0.15, 0.2) is 0 Å². The van der Waals surface area contributed by atoms with Crippen LogP contribution in [0.2, 0.25) is 0 Å². The number of fused-ring (bicyclic) bond motifs is 1. The fourth-order valence-electron chi connectivity index (χ4n) is 2.37. The van der Waals surface area contributed by atoms with Crippen LogP contribution < -0.4 is 10.1 Å². The number of rotatable bonds is 6. The molecule has 0 unspecified atom stereocenters. The lowest BCUT2D eigenvalue weighted by Gasteiger charge is -2.19. The number of thiophene rings is 1. The highest BCUT2D eigenvalue weighted by atomic mass is 32.1. The molecule has 1 aromatic carbocycles. The highest BCUT2D eigenvalue weighted by Crippen LogP contribution is 2.31. The van der Waals surface area contributed by atoms with Gasteiger partial charge in [0.1, 0.15) is 11.9 Å². The van der Waals surface area contributed by atoms with E-state index in [-0.39, 0.29) is 6.10 Å². The summed E-state index contributed by atoms with van der Waals surface area (Å²) < 4.78 is 6.30. The number of aromatic nitrogens is 1. The van der Waals surface area contributed by atoms with Crippen molar-refractivity contribution in [2.24, 2.45) is 0 Å². The summed E-state index contributed by atoms with van der Waals surface area (Å²) in [4.78, 5) is 4.22. The molecule has 3 rings (SSSR count). The Morgan fingerprint density at radius 2 is 2.24 bits per heavy atom. The first-order chi connectivity index (χ1) is 10.4. The van der Waals surface area contributed by atoms with Gasteiger partial charge in [-0.2, -0.15) is 11.3 Å². The SMILES string of the molecule is CNCC[C@@H](Oc1cccc2ccncc12)c1ccsc1. The fourth-order valence-corrected chi connectivity index (χ4v) is 3.07. The monoisotopic (exact) mass is 298 g/mol. The molecule has 108 valence electrons. The Morgan fingerprint density at radius 3 is 3.05 bits per heavy atom. The Balaban J connectivity index is 1.90. The van der Waals surface area contributed by atoms with E-state index >= 15 is 0 Å². The summed E-state index contributed by atoms with van der Waals surface area (Å²) in [6, 6.07) is 10.3. The first-order valence-corrected chi connectivity index (χ1v) is 7.99. The van der Waals surface area contributed by atoms with Crippen LogP contribution in [0.15, 0.2) is 53.5 Å². The summed E-state index contributed by atoms with van der Waals surface area (Å²) in [7, 11) is 1.96. The summed E-state index contributed by atoms with van der Waals surface area (Å²) >= 11 is 1.70. The zero-order valence-corrected chi connectivity index (χ0v) is 12.8. The third-order valence-corrected chi connectivity index (χ3v) is 4.19. The summed E-state index contributed by atoms with van der Waals surface area (Å²) in [6.07, 6.45) is 4.68. The molecule has 1 atom stereocenters. The quantitative estimate of drug-likeness (QED) is 0.746. The first kappa shape index (κ1) is 14.0. The van der Waals surface area contributed by atoms with Crippen molar-refractivity contribution in [3.8, 4) is 5.75 Å². The average molecular weight is 298 g/mol. The van der Waals surface area contributed by atoms with Gasteiger partial charge < -0.3 is 10.1 Å². The van der Waals surface area contributed by atoms with Gasteiger partial charge in [-0.1, -0.05) is 12.1 Å². The number of nitrogens with one attached hydrogen (secondary N) is 1. The Morgan fingerprint density at radius 1 is 1.29 bits per heavy atom. The van der Waals surface area contributed by atoms with Crippen LogP contribution in [0.1, 0.15) is 18.1 Å². The molecule has 1 N–H and O–H groups in total. The van der Waals surface area contributed by atoms with Gasteiger partial charge >= 0.3 is 0 Å². The van der Waals surface area contributed by atoms with Crippen molar-refractivity contribution < 1.29 is 4.74 Å². The minimum atomic E-state index is 0.0644. The number of benzene rings is 1. The molecule has 4 heteroatoms. The van der Waals surface area contributed by atoms with Crippen LogP contribution >= 0.6 is 11.3 Å². The van der Waals surface area contributed by atoms with E-state index < -0.39 is 0 Å².